The molecule has 1 aromatic carbocycles. The van der Waals surface area contributed by atoms with Crippen LogP contribution in [0.4, 0.5) is 0 Å². The third kappa shape index (κ3) is 2.27. The second-order valence-electron chi connectivity index (χ2n) is 7.00. The maximum atomic E-state index is 12.4. The molecule has 0 saturated heterocycles. The molecule has 2 bridgehead atoms. The van der Waals surface area contributed by atoms with E-state index in [2.05, 4.69) is 0 Å². The second-order valence-corrected chi connectivity index (χ2v) is 7.76. The number of hydrogen-bond donors (Lipinski definition) is 1. The lowest BCUT2D eigenvalue weighted by molar-refractivity contribution is -0.121. The van der Waals surface area contributed by atoms with Crippen molar-refractivity contribution in [2.24, 2.45) is 17.1 Å². The normalized spacial score (nSPS) is 27.3. The van der Waals surface area contributed by atoms with Gasteiger partial charge in [-0.3, -0.25) is 9.59 Å². The van der Waals surface area contributed by atoms with Crippen LogP contribution in [0.15, 0.2) is 12.1 Å². The largest absolute Gasteiger partial charge is 0.482 e. The number of halogens is 2. The zero-order chi connectivity index (χ0) is 17.1. The Kier molecular flexibility index (Phi) is 3.66. The smallest absolute Gasteiger partial charge is 0.255 e. The zero-order valence-corrected chi connectivity index (χ0v) is 14.5. The highest BCUT2D eigenvalue weighted by atomic mass is 35.5. The van der Waals surface area contributed by atoms with Gasteiger partial charge in [0.25, 0.3) is 5.91 Å². The molecule has 1 saturated carbocycles. The van der Waals surface area contributed by atoms with Crippen molar-refractivity contribution >= 4 is 40.5 Å². The lowest BCUT2D eigenvalue weighted by Crippen LogP contribution is -2.35. The molecule has 0 aromatic heterocycles. The summed E-state index contributed by atoms with van der Waals surface area (Å²) in [4.78, 5) is 23.3. The molecule has 2 atom stereocenters. The topological polar surface area (TPSA) is 69.4 Å². The van der Waals surface area contributed by atoms with Gasteiger partial charge >= 0.3 is 0 Å². The summed E-state index contributed by atoms with van der Waals surface area (Å²) in [6.07, 6.45) is 6.59. The van der Waals surface area contributed by atoms with Gasteiger partial charge in [0.05, 0.1) is 5.02 Å². The van der Waals surface area contributed by atoms with E-state index in [1.807, 2.05) is 6.07 Å². The van der Waals surface area contributed by atoms with Crippen molar-refractivity contribution in [1.29, 1.82) is 0 Å². The molecular weight excluding hydrogens is 349 g/mol. The molecule has 0 radical (unpaired) electrons. The summed E-state index contributed by atoms with van der Waals surface area (Å²) in [5.41, 5.74) is 8.07. The summed E-state index contributed by atoms with van der Waals surface area (Å²) in [6.45, 7) is -0.247. The van der Waals surface area contributed by atoms with Crippen LogP contribution in [-0.4, -0.2) is 18.3 Å². The Morgan fingerprint density at radius 2 is 2.17 bits per heavy atom. The van der Waals surface area contributed by atoms with Crippen LogP contribution in [0.3, 0.4) is 0 Å². The lowest BCUT2D eigenvalue weighted by Gasteiger charge is -2.42. The molecule has 1 spiro atoms. The minimum Gasteiger partial charge on any atom is -0.482 e. The number of carbonyl (C=O) groups excluding carboxylic acids is 2. The van der Waals surface area contributed by atoms with E-state index in [1.54, 1.807) is 6.08 Å². The van der Waals surface area contributed by atoms with Crippen LogP contribution in [-0.2, 0) is 16.0 Å². The van der Waals surface area contributed by atoms with Gasteiger partial charge in [-0.2, -0.15) is 0 Å². The lowest BCUT2D eigenvalue weighted by atomic mass is 9.61. The average molecular weight is 366 g/mol. The van der Waals surface area contributed by atoms with Crippen LogP contribution in [0, 0.1) is 11.3 Å². The first-order valence-corrected chi connectivity index (χ1v) is 8.85. The van der Waals surface area contributed by atoms with E-state index >= 15 is 0 Å². The number of ketones is 1. The molecule has 1 fully saturated rings. The molecule has 6 heteroatoms. The van der Waals surface area contributed by atoms with Crippen molar-refractivity contribution in [3.8, 4) is 5.75 Å². The van der Waals surface area contributed by atoms with Crippen LogP contribution in [0.2, 0.25) is 10.0 Å². The molecule has 24 heavy (non-hydrogen) atoms. The highest BCUT2D eigenvalue weighted by Crippen LogP contribution is 2.61. The van der Waals surface area contributed by atoms with Crippen LogP contribution >= 0.6 is 23.2 Å². The molecule has 1 amide bonds. The Morgan fingerprint density at radius 3 is 2.92 bits per heavy atom. The van der Waals surface area contributed by atoms with Gasteiger partial charge < -0.3 is 10.5 Å². The standard InChI is InChI=1S/C18H17Cl2NO3/c19-16-13(24-8-14(21)23)4-10-7-18-3-1-2-9(6-18)12(22)5-11(18)15(10)17(16)20/h4-5,9H,1-3,6-8H2,(H2,21,23). The number of nitrogens with two attached hydrogens (primary N) is 1. The number of fused-ring (bicyclic) bond motifs is 3. The van der Waals surface area contributed by atoms with Crippen molar-refractivity contribution in [2.45, 2.75) is 32.1 Å². The predicted octanol–water partition coefficient (Wildman–Crippen LogP) is 3.56. The number of carbonyl (C=O) groups is 2. The fourth-order valence-electron chi connectivity index (χ4n) is 4.56. The highest BCUT2D eigenvalue weighted by Gasteiger charge is 2.50. The number of rotatable bonds is 3. The molecule has 2 unspecified atom stereocenters. The van der Waals surface area contributed by atoms with Gasteiger partial charge in [-0.25, -0.2) is 0 Å². The Labute approximate surface area is 149 Å². The quantitative estimate of drug-likeness (QED) is 0.889. The Hall–Kier alpha value is -1.52. The highest BCUT2D eigenvalue weighted by molar-refractivity contribution is 6.44. The van der Waals surface area contributed by atoms with E-state index in [0.717, 1.165) is 48.8 Å². The van der Waals surface area contributed by atoms with E-state index in [-0.39, 0.29) is 28.7 Å². The maximum Gasteiger partial charge on any atom is 0.255 e. The van der Waals surface area contributed by atoms with E-state index in [9.17, 15) is 9.59 Å². The van der Waals surface area contributed by atoms with Gasteiger partial charge in [0.15, 0.2) is 12.4 Å². The zero-order valence-electron chi connectivity index (χ0n) is 13.0. The molecule has 126 valence electrons. The van der Waals surface area contributed by atoms with Crippen LogP contribution < -0.4 is 10.5 Å². The summed E-state index contributed by atoms with van der Waals surface area (Å²) >= 11 is 12.9. The van der Waals surface area contributed by atoms with Gasteiger partial charge in [-0.1, -0.05) is 29.6 Å². The van der Waals surface area contributed by atoms with E-state index in [1.165, 1.54) is 0 Å². The molecule has 4 nitrogen and oxygen atoms in total. The average Bonchev–Trinajstić information content (AvgIpc) is 2.82. The van der Waals surface area contributed by atoms with Crippen molar-refractivity contribution in [3.63, 3.8) is 0 Å². The summed E-state index contributed by atoms with van der Waals surface area (Å²) in [6, 6.07) is 1.84. The van der Waals surface area contributed by atoms with Gasteiger partial charge in [-0.05, 0) is 49.0 Å². The molecular formula is C18H17Cl2NO3. The molecule has 1 aromatic rings. The number of hydrogen-bond acceptors (Lipinski definition) is 3. The fraction of sp³-hybridized carbons (Fsp3) is 0.444. The second kappa shape index (κ2) is 5.50. The summed E-state index contributed by atoms with van der Waals surface area (Å²) in [5.74, 6) is 0.137. The molecule has 0 aliphatic heterocycles. The Bertz CT molecular complexity index is 802. The Morgan fingerprint density at radius 1 is 1.38 bits per heavy atom. The van der Waals surface area contributed by atoms with Crippen LogP contribution in [0.25, 0.3) is 5.57 Å². The van der Waals surface area contributed by atoms with Crippen LogP contribution in [0.5, 0.6) is 5.75 Å². The number of allylic oxidation sites excluding steroid dienone is 2. The van der Waals surface area contributed by atoms with Gasteiger partial charge in [0.1, 0.15) is 10.8 Å². The third-order valence-corrected chi connectivity index (χ3v) is 6.38. The number of ether oxygens (including phenoxy) is 1. The van der Waals surface area contributed by atoms with E-state index in [4.69, 9.17) is 33.7 Å². The first kappa shape index (κ1) is 16.0. The minimum atomic E-state index is -0.571. The monoisotopic (exact) mass is 365 g/mol. The van der Waals surface area contributed by atoms with Crippen molar-refractivity contribution in [2.75, 3.05) is 6.61 Å². The molecule has 0 heterocycles. The van der Waals surface area contributed by atoms with Crippen molar-refractivity contribution in [3.05, 3.63) is 33.3 Å². The van der Waals surface area contributed by atoms with Crippen LogP contribution in [0.1, 0.15) is 36.8 Å². The SMILES string of the molecule is NC(=O)COc1cc2c(c(Cl)c1Cl)C1=CC(=O)C3CCCC1(C2)C3. The fourth-order valence-corrected chi connectivity index (χ4v) is 5.08. The van der Waals surface area contributed by atoms with E-state index in [0.29, 0.717) is 10.8 Å². The third-order valence-electron chi connectivity index (χ3n) is 5.53. The molecule has 3 aliphatic rings. The maximum absolute atomic E-state index is 12.4. The van der Waals surface area contributed by atoms with Crippen molar-refractivity contribution < 1.29 is 14.3 Å². The predicted molar refractivity (Wildman–Crippen MR) is 92.2 cm³/mol. The van der Waals surface area contributed by atoms with Crippen molar-refractivity contribution in [1.82, 2.24) is 0 Å². The number of primary amides is 1. The van der Waals surface area contributed by atoms with Gasteiger partial charge in [0, 0.05) is 16.9 Å². The molecule has 3 aliphatic carbocycles. The summed E-state index contributed by atoms with van der Waals surface area (Å²) in [7, 11) is 0. The first-order chi connectivity index (χ1) is 11.4. The van der Waals surface area contributed by atoms with Gasteiger partial charge in [-0.15, -0.1) is 0 Å². The van der Waals surface area contributed by atoms with Gasteiger partial charge in [0.2, 0.25) is 0 Å². The number of amides is 1. The summed E-state index contributed by atoms with van der Waals surface area (Å²) in [5, 5.41) is 0.661. The Balaban J connectivity index is 1.81. The summed E-state index contributed by atoms with van der Waals surface area (Å²) < 4.78 is 5.40. The minimum absolute atomic E-state index is 0.00552. The van der Waals surface area contributed by atoms with E-state index < -0.39 is 5.91 Å². The number of benzene rings is 1. The molecule has 2 N–H and O–H groups in total. The molecule has 4 rings (SSSR count). The first-order valence-electron chi connectivity index (χ1n) is 8.10.